The fraction of sp³-hybridized carbons (Fsp3) is 0.571. The summed E-state index contributed by atoms with van der Waals surface area (Å²) in [5.74, 6) is 0.733. The van der Waals surface area contributed by atoms with Crippen molar-refractivity contribution < 1.29 is 21.6 Å². The molecule has 0 saturated heterocycles. The van der Waals surface area contributed by atoms with Crippen LogP contribution in [0.2, 0.25) is 0 Å². The van der Waals surface area contributed by atoms with Crippen LogP contribution in [0.15, 0.2) is 24.3 Å². The SMILES string of the molecule is COc1ccc(CCN(CCNS(=O)(=O)N(C)C)S(C)(=O)=O)cc1. The van der Waals surface area contributed by atoms with Crippen LogP contribution in [-0.4, -0.2) is 72.5 Å². The Hall–Kier alpha value is -1.20. The first-order chi connectivity index (χ1) is 11.1. The van der Waals surface area contributed by atoms with Gasteiger partial charge in [-0.1, -0.05) is 12.1 Å². The van der Waals surface area contributed by atoms with Gasteiger partial charge in [-0.3, -0.25) is 0 Å². The summed E-state index contributed by atoms with van der Waals surface area (Å²) in [7, 11) is -2.61. The lowest BCUT2D eigenvalue weighted by Gasteiger charge is -2.21. The van der Waals surface area contributed by atoms with Gasteiger partial charge < -0.3 is 4.74 Å². The van der Waals surface area contributed by atoms with Crippen molar-refractivity contribution in [2.45, 2.75) is 6.42 Å². The Morgan fingerprint density at radius 2 is 1.62 bits per heavy atom. The van der Waals surface area contributed by atoms with E-state index in [1.807, 2.05) is 24.3 Å². The van der Waals surface area contributed by atoms with Crippen molar-refractivity contribution in [1.82, 2.24) is 13.3 Å². The number of rotatable bonds is 10. The topological polar surface area (TPSA) is 96.0 Å². The molecule has 0 aliphatic carbocycles. The number of hydrogen-bond acceptors (Lipinski definition) is 5. The average molecular weight is 380 g/mol. The molecule has 10 heteroatoms. The highest BCUT2D eigenvalue weighted by atomic mass is 32.2. The van der Waals surface area contributed by atoms with E-state index in [0.29, 0.717) is 6.42 Å². The van der Waals surface area contributed by atoms with Gasteiger partial charge in [0.1, 0.15) is 5.75 Å². The molecule has 0 atom stereocenters. The molecule has 8 nitrogen and oxygen atoms in total. The van der Waals surface area contributed by atoms with Crippen molar-refractivity contribution in [3.8, 4) is 5.75 Å². The van der Waals surface area contributed by atoms with Crippen LogP contribution in [0, 0.1) is 0 Å². The molecule has 0 unspecified atom stereocenters. The standard InChI is InChI=1S/C14H25N3O5S2/c1-16(2)24(20,21)15-10-12-17(23(4,18)19)11-9-13-5-7-14(22-3)8-6-13/h5-8,15H,9-12H2,1-4H3. The van der Waals surface area contributed by atoms with E-state index in [1.165, 1.54) is 18.4 Å². The lowest BCUT2D eigenvalue weighted by molar-refractivity contribution is 0.412. The van der Waals surface area contributed by atoms with Crippen LogP contribution in [0.3, 0.4) is 0 Å². The van der Waals surface area contributed by atoms with E-state index < -0.39 is 20.2 Å². The van der Waals surface area contributed by atoms with Crippen molar-refractivity contribution in [3.05, 3.63) is 29.8 Å². The van der Waals surface area contributed by atoms with E-state index in [9.17, 15) is 16.8 Å². The van der Waals surface area contributed by atoms with Gasteiger partial charge in [-0.15, -0.1) is 0 Å². The van der Waals surface area contributed by atoms with Crippen LogP contribution in [0.25, 0.3) is 0 Å². The highest BCUT2D eigenvalue weighted by Crippen LogP contribution is 2.12. The molecule has 1 aromatic rings. The first-order valence-electron chi connectivity index (χ1n) is 7.31. The zero-order valence-electron chi connectivity index (χ0n) is 14.4. The second-order valence-corrected chi connectivity index (χ2v) is 9.39. The van der Waals surface area contributed by atoms with Crippen LogP contribution in [-0.2, 0) is 26.7 Å². The third kappa shape index (κ3) is 6.73. The fourth-order valence-corrected chi connectivity index (χ4v) is 3.37. The van der Waals surface area contributed by atoms with Crippen LogP contribution in [0.5, 0.6) is 5.75 Å². The van der Waals surface area contributed by atoms with E-state index in [-0.39, 0.29) is 19.6 Å². The molecule has 0 aliphatic rings. The number of ether oxygens (including phenoxy) is 1. The minimum Gasteiger partial charge on any atom is -0.497 e. The molecule has 0 bridgehead atoms. The second kappa shape index (κ2) is 8.77. The van der Waals surface area contributed by atoms with Crippen LogP contribution < -0.4 is 9.46 Å². The Morgan fingerprint density at radius 1 is 1.04 bits per heavy atom. The fourth-order valence-electron chi connectivity index (χ4n) is 1.92. The first kappa shape index (κ1) is 20.8. The summed E-state index contributed by atoms with van der Waals surface area (Å²) in [6, 6.07) is 7.36. The largest absolute Gasteiger partial charge is 0.497 e. The predicted molar refractivity (Wildman–Crippen MR) is 93.7 cm³/mol. The van der Waals surface area contributed by atoms with E-state index in [4.69, 9.17) is 4.74 Å². The zero-order chi connectivity index (χ0) is 18.4. The van der Waals surface area contributed by atoms with Gasteiger partial charge in [0.15, 0.2) is 0 Å². The van der Waals surface area contributed by atoms with Crippen molar-refractivity contribution in [2.24, 2.45) is 0 Å². The second-order valence-electron chi connectivity index (χ2n) is 5.44. The van der Waals surface area contributed by atoms with E-state index in [2.05, 4.69) is 4.72 Å². The number of methoxy groups -OCH3 is 1. The predicted octanol–water partition coefficient (Wildman–Crippen LogP) is -0.105. The summed E-state index contributed by atoms with van der Waals surface area (Å²) in [5.41, 5.74) is 0.971. The highest BCUT2D eigenvalue weighted by Gasteiger charge is 2.18. The maximum absolute atomic E-state index is 11.9. The van der Waals surface area contributed by atoms with Gasteiger partial charge in [-0.05, 0) is 24.1 Å². The molecule has 0 radical (unpaired) electrons. The lowest BCUT2D eigenvalue weighted by atomic mass is 10.1. The quantitative estimate of drug-likeness (QED) is 0.612. The molecule has 1 N–H and O–H groups in total. The molecule has 1 aromatic carbocycles. The molecule has 0 amide bonds. The summed E-state index contributed by atoms with van der Waals surface area (Å²) in [4.78, 5) is 0. The number of hydrogen-bond donors (Lipinski definition) is 1. The minimum absolute atomic E-state index is 0.0101. The molecule has 0 spiro atoms. The summed E-state index contributed by atoms with van der Waals surface area (Å²) in [6.07, 6.45) is 1.64. The Balaban J connectivity index is 2.63. The maximum atomic E-state index is 11.9. The van der Waals surface area contributed by atoms with Crippen LogP contribution in [0.4, 0.5) is 0 Å². The number of nitrogens with zero attached hydrogens (tertiary/aromatic N) is 2. The van der Waals surface area contributed by atoms with Crippen molar-refractivity contribution in [1.29, 1.82) is 0 Å². The van der Waals surface area contributed by atoms with E-state index in [0.717, 1.165) is 21.9 Å². The Bertz CT molecular complexity index is 715. The monoisotopic (exact) mass is 379 g/mol. The van der Waals surface area contributed by atoms with Gasteiger partial charge in [0.05, 0.1) is 13.4 Å². The summed E-state index contributed by atoms with van der Waals surface area (Å²) >= 11 is 0. The smallest absolute Gasteiger partial charge is 0.278 e. The van der Waals surface area contributed by atoms with Gasteiger partial charge in [-0.2, -0.15) is 12.7 Å². The van der Waals surface area contributed by atoms with Crippen LogP contribution >= 0.6 is 0 Å². The molecule has 0 saturated carbocycles. The third-order valence-electron chi connectivity index (χ3n) is 3.40. The first-order valence-corrected chi connectivity index (χ1v) is 10.6. The molecule has 0 heterocycles. The molecule has 0 aliphatic heterocycles. The number of nitrogens with one attached hydrogen (secondary N) is 1. The van der Waals surface area contributed by atoms with Gasteiger partial charge >= 0.3 is 0 Å². The van der Waals surface area contributed by atoms with Gasteiger partial charge in [0, 0.05) is 33.7 Å². The molecule has 24 heavy (non-hydrogen) atoms. The lowest BCUT2D eigenvalue weighted by Crippen LogP contribution is -2.42. The number of benzene rings is 1. The Kier molecular flexibility index (Phi) is 7.61. The molecular weight excluding hydrogens is 354 g/mol. The summed E-state index contributed by atoms with van der Waals surface area (Å²) < 4.78 is 56.7. The van der Waals surface area contributed by atoms with Crippen molar-refractivity contribution >= 4 is 20.2 Å². The highest BCUT2D eigenvalue weighted by molar-refractivity contribution is 7.88. The molecule has 0 aromatic heterocycles. The molecule has 138 valence electrons. The van der Waals surface area contributed by atoms with Crippen molar-refractivity contribution in [2.75, 3.05) is 47.1 Å². The van der Waals surface area contributed by atoms with E-state index in [1.54, 1.807) is 7.11 Å². The maximum Gasteiger partial charge on any atom is 0.278 e. The average Bonchev–Trinajstić information content (AvgIpc) is 2.49. The Labute approximate surface area is 144 Å². The summed E-state index contributed by atoms with van der Waals surface area (Å²) in [6.45, 7) is 0.354. The number of sulfonamides is 1. The Morgan fingerprint density at radius 3 is 2.08 bits per heavy atom. The van der Waals surface area contributed by atoms with Gasteiger partial charge in [0.2, 0.25) is 10.0 Å². The van der Waals surface area contributed by atoms with Crippen molar-refractivity contribution in [3.63, 3.8) is 0 Å². The third-order valence-corrected chi connectivity index (χ3v) is 6.24. The normalized spacial score (nSPS) is 12.8. The van der Waals surface area contributed by atoms with E-state index >= 15 is 0 Å². The summed E-state index contributed by atoms with van der Waals surface area (Å²) in [5, 5.41) is 0. The van der Waals surface area contributed by atoms with Gasteiger partial charge in [0.25, 0.3) is 10.2 Å². The van der Waals surface area contributed by atoms with Crippen LogP contribution in [0.1, 0.15) is 5.56 Å². The zero-order valence-corrected chi connectivity index (χ0v) is 16.0. The van der Waals surface area contributed by atoms with Gasteiger partial charge in [-0.25, -0.2) is 17.4 Å². The minimum atomic E-state index is -3.57. The molecular formula is C14H25N3O5S2. The molecule has 1 rings (SSSR count). The molecule has 0 fully saturated rings.